The number of aromatic nitrogens is 3. The van der Waals surface area contributed by atoms with E-state index in [2.05, 4.69) is 15.4 Å². The largest absolute Gasteiger partial charge is 0.492 e. The molecule has 6 heteroatoms. The summed E-state index contributed by atoms with van der Waals surface area (Å²) in [5, 5.41) is 7.43. The monoisotopic (exact) mass is 362 g/mol. The fourth-order valence-corrected chi connectivity index (χ4v) is 3.34. The van der Waals surface area contributed by atoms with Crippen molar-refractivity contribution in [2.45, 2.75) is 26.8 Å². The molecule has 3 heterocycles. The molecule has 1 aliphatic heterocycles. The van der Waals surface area contributed by atoms with E-state index in [1.54, 1.807) is 6.20 Å². The molecule has 0 spiro atoms. The van der Waals surface area contributed by atoms with Crippen molar-refractivity contribution in [2.24, 2.45) is 5.92 Å². The maximum absolute atomic E-state index is 12.5. The first kappa shape index (κ1) is 17.3. The van der Waals surface area contributed by atoms with E-state index < -0.39 is 0 Å². The molecule has 138 valence electrons. The van der Waals surface area contributed by atoms with Gasteiger partial charge in [-0.3, -0.25) is 4.79 Å². The molecular weight excluding hydrogens is 340 g/mol. The number of pyridine rings is 1. The number of carbonyl (C=O) groups is 1. The van der Waals surface area contributed by atoms with Crippen molar-refractivity contribution in [3.8, 4) is 11.6 Å². The lowest BCUT2D eigenvalue weighted by Gasteiger charge is -2.24. The number of benzene rings is 1. The lowest BCUT2D eigenvalue weighted by Crippen LogP contribution is -2.37. The number of carbonyl (C=O) groups excluding carboxylic acids is 1. The molecule has 6 nitrogen and oxygen atoms in total. The van der Waals surface area contributed by atoms with Gasteiger partial charge in [0.1, 0.15) is 12.4 Å². The number of nitrogens with one attached hydrogen (secondary N) is 1. The average Bonchev–Trinajstić information content (AvgIpc) is 3.04. The summed E-state index contributed by atoms with van der Waals surface area (Å²) >= 11 is 0. The van der Waals surface area contributed by atoms with Gasteiger partial charge in [-0.05, 0) is 49.6 Å². The highest BCUT2D eigenvalue weighted by molar-refractivity contribution is 5.79. The summed E-state index contributed by atoms with van der Waals surface area (Å²) < 4.78 is 7.52. The van der Waals surface area contributed by atoms with Gasteiger partial charge in [-0.25, -0.2) is 9.67 Å². The molecule has 4 rings (SSSR count). The van der Waals surface area contributed by atoms with E-state index >= 15 is 0 Å². The summed E-state index contributed by atoms with van der Waals surface area (Å²) in [6.45, 7) is 4.82. The van der Waals surface area contributed by atoms with E-state index in [9.17, 15) is 4.79 Å². The molecule has 0 fully saturated rings. The summed E-state index contributed by atoms with van der Waals surface area (Å²) in [6.07, 6.45) is 2.48. The van der Waals surface area contributed by atoms with E-state index in [4.69, 9.17) is 4.74 Å². The van der Waals surface area contributed by atoms with Gasteiger partial charge >= 0.3 is 0 Å². The van der Waals surface area contributed by atoms with Gasteiger partial charge in [-0.15, -0.1) is 0 Å². The molecule has 0 saturated carbocycles. The van der Waals surface area contributed by atoms with Gasteiger partial charge in [0.2, 0.25) is 5.91 Å². The number of rotatable bonds is 4. The molecule has 2 aromatic heterocycles. The van der Waals surface area contributed by atoms with E-state index in [0.29, 0.717) is 19.6 Å². The average molecular weight is 362 g/mol. The highest BCUT2D eigenvalue weighted by Gasteiger charge is 2.25. The number of para-hydroxylation sites is 1. The van der Waals surface area contributed by atoms with Crippen LogP contribution in [0.25, 0.3) is 5.82 Å². The SMILES string of the molecule is Cc1cc(C)n(-c2ccc(CNC(=O)[C@@H]3COc4ccccc4C3)cn2)n1. The fourth-order valence-electron chi connectivity index (χ4n) is 3.34. The maximum atomic E-state index is 12.5. The summed E-state index contributed by atoms with van der Waals surface area (Å²) in [7, 11) is 0. The summed E-state index contributed by atoms with van der Waals surface area (Å²) in [6, 6.07) is 13.8. The zero-order valence-electron chi connectivity index (χ0n) is 15.5. The maximum Gasteiger partial charge on any atom is 0.227 e. The van der Waals surface area contributed by atoms with E-state index in [1.165, 1.54) is 0 Å². The highest BCUT2D eigenvalue weighted by atomic mass is 16.5. The summed E-state index contributed by atoms with van der Waals surface area (Å²) in [5.41, 5.74) is 4.03. The minimum atomic E-state index is -0.165. The highest BCUT2D eigenvalue weighted by Crippen LogP contribution is 2.26. The third-order valence-corrected chi connectivity index (χ3v) is 4.75. The van der Waals surface area contributed by atoms with Gasteiger partial charge in [-0.2, -0.15) is 5.10 Å². The van der Waals surface area contributed by atoms with Gasteiger partial charge in [0, 0.05) is 18.4 Å². The number of ether oxygens (including phenoxy) is 1. The molecule has 1 amide bonds. The zero-order chi connectivity index (χ0) is 18.8. The van der Waals surface area contributed by atoms with Crippen molar-refractivity contribution >= 4 is 5.91 Å². The lowest BCUT2D eigenvalue weighted by atomic mass is 9.96. The number of amides is 1. The molecule has 0 bridgehead atoms. The molecule has 0 unspecified atom stereocenters. The van der Waals surface area contributed by atoms with Crippen LogP contribution in [0.5, 0.6) is 5.75 Å². The number of fused-ring (bicyclic) bond motifs is 1. The number of aryl methyl sites for hydroxylation is 2. The van der Waals surface area contributed by atoms with Crippen LogP contribution < -0.4 is 10.1 Å². The zero-order valence-corrected chi connectivity index (χ0v) is 15.5. The van der Waals surface area contributed by atoms with Crippen molar-refractivity contribution in [2.75, 3.05) is 6.61 Å². The van der Waals surface area contributed by atoms with Crippen LogP contribution in [0.15, 0.2) is 48.7 Å². The Balaban J connectivity index is 1.36. The standard InChI is InChI=1S/C21H22N4O2/c1-14-9-15(2)25(24-14)20-8-7-16(11-22-20)12-23-21(26)18-10-17-5-3-4-6-19(17)27-13-18/h3-9,11,18H,10,12-13H2,1-2H3,(H,23,26)/t18-/m0/s1. The molecular formula is C21H22N4O2. The van der Waals surface area contributed by atoms with Crippen molar-refractivity contribution in [1.82, 2.24) is 20.1 Å². The Labute approximate surface area is 158 Å². The molecule has 0 radical (unpaired) electrons. The first-order valence-electron chi connectivity index (χ1n) is 9.07. The van der Waals surface area contributed by atoms with E-state index in [0.717, 1.165) is 34.1 Å². The Morgan fingerprint density at radius 1 is 1.26 bits per heavy atom. The quantitative estimate of drug-likeness (QED) is 0.775. The Bertz CT molecular complexity index is 963. The van der Waals surface area contributed by atoms with Gasteiger partial charge < -0.3 is 10.1 Å². The number of hydrogen-bond acceptors (Lipinski definition) is 4. The smallest absolute Gasteiger partial charge is 0.227 e. The van der Waals surface area contributed by atoms with Crippen LogP contribution in [0.2, 0.25) is 0 Å². The van der Waals surface area contributed by atoms with Gasteiger partial charge in [-0.1, -0.05) is 24.3 Å². The van der Waals surface area contributed by atoms with E-state index in [-0.39, 0.29) is 11.8 Å². The van der Waals surface area contributed by atoms with Gasteiger partial charge in [0.05, 0.1) is 11.6 Å². The molecule has 1 aliphatic rings. The first-order valence-corrected chi connectivity index (χ1v) is 9.07. The second kappa shape index (κ2) is 7.23. The van der Waals surface area contributed by atoms with Crippen LogP contribution in [0.1, 0.15) is 22.5 Å². The molecule has 3 aromatic rings. The Kier molecular flexibility index (Phi) is 4.62. The van der Waals surface area contributed by atoms with Crippen LogP contribution in [0, 0.1) is 19.8 Å². The van der Waals surface area contributed by atoms with Crippen molar-refractivity contribution < 1.29 is 9.53 Å². The van der Waals surface area contributed by atoms with Crippen molar-refractivity contribution in [3.05, 3.63) is 71.2 Å². The minimum Gasteiger partial charge on any atom is -0.492 e. The minimum absolute atomic E-state index is 0.00660. The van der Waals surface area contributed by atoms with Crippen LogP contribution >= 0.6 is 0 Å². The molecule has 0 saturated heterocycles. The van der Waals surface area contributed by atoms with Crippen LogP contribution in [-0.4, -0.2) is 27.3 Å². The Morgan fingerprint density at radius 2 is 2.11 bits per heavy atom. The van der Waals surface area contributed by atoms with Crippen molar-refractivity contribution in [3.63, 3.8) is 0 Å². The van der Waals surface area contributed by atoms with Crippen LogP contribution in [-0.2, 0) is 17.8 Å². The topological polar surface area (TPSA) is 69.0 Å². The normalized spacial score (nSPS) is 15.7. The predicted octanol–water partition coefficient (Wildman–Crippen LogP) is 2.75. The van der Waals surface area contributed by atoms with Crippen LogP contribution in [0.4, 0.5) is 0 Å². The van der Waals surface area contributed by atoms with Gasteiger partial charge in [0.15, 0.2) is 5.82 Å². The summed E-state index contributed by atoms with van der Waals surface area (Å²) in [5.74, 6) is 1.49. The Hall–Kier alpha value is -3.15. The molecule has 1 aromatic carbocycles. The summed E-state index contributed by atoms with van der Waals surface area (Å²) in [4.78, 5) is 17.0. The van der Waals surface area contributed by atoms with Crippen LogP contribution in [0.3, 0.4) is 0 Å². The molecule has 1 atom stereocenters. The number of hydrogen-bond donors (Lipinski definition) is 1. The third-order valence-electron chi connectivity index (χ3n) is 4.75. The number of nitrogens with zero attached hydrogens (tertiary/aromatic N) is 3. The molecule has 0 aliphatic carbocycles. The fraction of sp³-hybridized carbons (Fsp3) is 0.286. The Morgan fingerprint density at radius 3 is 2.85 bits per heavy atom. The molecule has 1 N–H and O–H groups in total. The van der Waals surface area contributed by atoms with Gasteiger partial charge in [0.25, 0.3) is 0 Å². The third kappa shape index (κ3) is 3.69. The van der Waals surface area contributed by atoms with E-state index in [1.807, 2.05) is 61.0 Å². The first-order chi connectivity index (χ1) is 13.1. The van der Waals surface area contributed by atoms with Crippen molar-refractivity contribution in [1.29, 1.82) is 0 Å². The second-order valence-electron chi connectivity index (χ2n) is 6.90. The molecule has 27 heavy (non-hydrogen) atoms. The predicted molar refractivity (Wildman–Crippen MR) is 102 cm³/mol. The second-order valence-corrected chi connectivity index (χ2v) is 6.90. The lowest BCUT2D eigenvalue weighted by molar-refractivity contribution is -0.126.